The zero-order chi connectivity index (χ0) is 62.7. The number of anilines is 4. The molecule has 5 fully saturated rings. The van der Waals surface area contributed by atoms with Crippen LogP contribution >= 0.6 is 11.6 Å². The van der Waals surface area contributed by atoms with Crippen molar-refractivity contribution in [3.8, 4) is 33.5 Å². The fraction of sp³-hybridized carbons (Fsp3) is 0.545. The zero-order valence-electron chi connectivity index (χ0n) is 53.2. The molecule has 6 N–H and O–H groups in total. The number of carbonyl (C=O) groups excluding carboxylic acids is 2. The summed E-state index contributed by atoms with van der Waals surface area (Å²) in [6, 6.07) is 19.2. The quantitative estimate of drug-likeness (QED) is 0.0391. The number of amides is 4. The molecule has 88 heavy (non-hydrogen) atoms. The lowest BCUT2D eigenvalue weighted by atomic mass is 9.82. The Morgan fingerprint density at radius 2 is 1.14 bits per heavy atom. The molecule has 4 amide bonds. The Labute approximate surface area is 525 Å². The maximum absolute atomic E-state index is 12.9. The Balaban J connectivity index is 0.000000166. The van der Waals surface area contributed by atoms with Crippen molar-refractivity contribution in [2.24, 2.45) is 11.8 Å². The van der Waals surface area contributed by atoms with Crippen molar-refractivity contribution < 1.29 is 38.6 Å². The molecule has 6 atom stereocenters. The highest BCUT2D eigenvalue weighted by molar-refractivity contribution is 6.62. The third-order valence-corrected chi connectivity index (χ3v) is 18.0. The maximum atomic E-state index is 12.9. The van der Waals surface area contributed by atoms with E-state index in [1.807, 2.05) is 113 Å². The van der Waals surface area contributed by atoms with Gasteiger partial charge in [-0.1, -0.05) is 50.4 Å². The number of nitrogens with one attached hydrogen (secondary N) is 4. The molecule has 5 aliphatic heterocycles. The zero-order valence-corrected chi connectivity index (χ0v) is 53.9. The Morgan fingerprint density at radius 1 is 0.648 bits per heavy atom. The van der Waals surface area contributed by atoms with Gasteiger partial charge in [0.05, 0.1) is 36.3 Å². The van der Waals surface area contributed by atoms with Crippen molar-refractivity contribution in [3.63, 3.8) is 0 Å². The van der Waals surface area contributed by atoms with Gasteiger partial charge >= 0.3 is 19.2 Å². The topological polar surface area (TPSA) is 228 Å². The third kappa shape index (κ3) is 16.8. The van der Waals surface area contributed by atoms with Crippen LogP contribution in [0.5, 0.6) is 0 Å². The van der Waals surface area contributed by atoms with Crippen molar-refractivity contribution in [1.82, 2.24) is 39.3 Å². The highest BCUT2D eigenvalue weighted by Crippen LogP contribution is 2.38. The van der Waals surface area contributed by atoms with Gasteiger partial charge in [0.1, 0.15) is 29.2 Å². The van der Waals surface area contributed by atoms with Crippen LogP contribution in [-0.2, 0) is 18.8 Å². The lowest BCUT2D eigenvalue weighted by Gasteiger charge is -2.32. The van der Waals surface area contributed by atoms with E-state index in [1.165, 1.54) is 6.42 Å². The second-order valence-corrected chi connectivity index (χ2v) is 25.7. The molecule has 2 unspecified atom stereocenters. The van der Waals surface area contributed by atoms with Gasteiger partial charge in [0, 0.05) is 92.5 Å². The average Bonchev–Trinajstić information content (AvgIpc) is 3.08. The van der Waals surface area contributed by atoms with E-state index < -0.39 is 0 Å². The summed E-state index contributed by atoms with van der Waals surface area (Å²) >= 11 is 6.23. The molecule has 2 aromatic carbocycles. The molecule has 0 bridgehead atoms. The van der Waals surface area contributed by atoms with Crippen LogP contribution in [0, 0.1) is 25.7 Å². The minimum Gasteiger partial charge on any atom is -0.399 e. The summed E-state index contributed by atoms with van der Waals surface area (Å²) in [5, 5.41) is 40.8. The molecule has 474 valence electrons. The largest absolute Gasteiger partial charge is 0.498 e. The van der Waals surface area contributed by atoms with Crippen LogP contribution in [-0.4, -0.2) is 145 Å². The van der Waals surface area contributed by atoms with Crippen LogP contribution in [0.15, 0.2) is 85.5 Å². The molecule has 22 heteroatoms. The monoisotopic (exact) mass is 1230 g/mol. The van der Waals surface area contributed by atoms with Gasteiger partial charge in [-0.05, 0) is 201 Å². The summed E-state index contributed by atoms with van der Waals surface area (Å²) in [6.45, 7) is 25.2. The lowest BCUT2D eigenvalue weighted by molar-refractivity contribution is -0.0395. The second-order valence-electron chi connectivity index (χ2n) is 25.3. The second kappa shape index (κ2) is 29.8. The molecule has 4 aromatic heterocycles. The minimum absolute atomic E-state index is 0.000536. The molecule has 0 saturated carbocycles. The van der Waals surface area contributed by atoms with Gasteiger partial charge in [0.25, 0.3) is 0 Å². The van der Waals surface area contributed by atoms with Crippen molar-refractivity contribution in [3.05, 3.63) is 102 Å². The number of urea groups is 2. The van der Waals surface area contributed by atoms with E-state index in [0.29, 0.717) is 28.6 Å². The van der Waals surface area contributed by atoms with Gasteiger partial charge in [-0.2, -0.15) is 10.2 Å². The Bertz CT molecular complexity index is 3280. The number of likely N-dealkylation sites (tertiary alicyclic amines) is 2. The van der Waals surface area contributed by atoms with Gasteiger partial charge in [-0.15, -0.1) is 0 Å². The number of halogens is 1. The predicted octanol–water partition coefficient (Wildman–Crippen LogP) is 12.3. The normalized spacial score (nSPS) is 21.2. The first-order valence-corrected chi connectivity index (χ1v) is 32.0. The molecule has 9 heterocycles. The molecular formula is C66H92BClN12O8. The number of rotatable bonds is 16. The van der Waals surface area contributed by atoms with E-state index in [4.69, 9.17) is 35.4 Å². The number of benzene rings is 2. The average molecular weight is 1230 g/mol. The number of aryl methyl sites for hydroxylation is 2. The van der Waals surface area contributed by atoms with Gasteiger partial charge in [0.2, 0.25) is 0 Å². The first-order valence-electron chi connectivity index (χ1n) is 31.7. The molecule has 0 aliphatic carbocycles. The Kier molecular flexibility index (Phi) is 22.3. The van der Waals surface area contributed by atoms with Gasteiger partial charge in [-0.3, -0.25) is 0 Å². The summed E-state index contributed by atoms with van der Waals surface area (Å²) in [5.74, 6) is 2.45. The molecular weight excluding hydrogens is 1140 g/mol. The summed E-state index contributed by atoms with van der Waals surface area (Å²) < 4.78 is 27.5. The first kappa shape index (κ1) is 65.9. The number of aromatic nitrogens is 6. The van der Waals surface area contributed by atoms with Crippen LogP contribution in [0.3, 0.4) is 0 Å². The molecule has 5 saturated heterocycles. The molecule has 6 aromatic rings. The number of aliphatic hydroxyl groups excluding tert-OH is 2. The number of aliphatic hydroxyl groups is 2. The smallest absolute Gasteiger partial charge is 0.399 e. The number of carbonyl (C=O) groups is 2. The molecule has 0 spiro atoms. The highest BCUT2D eigenvalue weighted by atomic mass is 35.5. The van der Waals surface area contributed by atoms with E-state index in [2.05, 4.69) is 91.0 Å². The van der Waals surface area contributed by atoms with Crippen molar-refractivity contribution in [2.45, 2.75) is 169 Å². The molecule has 20 nitrogen and oxygen atoms in total. The van der Waals surface area contributed by atoms with E-state index in [0.717, 1.165) is 159 Å². The Morgan fingerprint density at radius 3 is 1.61 bits per heavy atom. The fourth-order valence-electron chi connectivity index (χ4n) is 11.5. The summed E-state index contributed by atoms with van der Waals surface area (Å²) in [6.07, 6.45) is 18.5. The van der Waals surface area contributed by atoms with Crippen LogP contribution in [0.2, 0.25) is 5.15 Å². The summed E-state index contributed by atoms with van der Waals surface area (Å²) in [7, 11) is -0.350. The molecule has 11 rings (SSSR count). The lowest BCUT2D eigenvalue weighted by Crippen LogP contribution is -2.41. The first-order chi connectivity index (χ1) is 42.2. The molecule has 0 radical (unpaired) electrons. The molecule has 5 aliphatic rings. The van der Waals surface area contributed by atoms with E-state index >= 15 is 0 Å². The minimum atomic E-state index is -0.350. The third-order valence-electron chi connectivity index (χ3n) is 17.8. The van der Waals surface area contributed by atoms with Crippen molar-refractivity contribution in [2.75, 3.05) is 73.9 Å². The SMILES string of the molecule is CC1(C)OB(c2cnn(C3CCCCO3)c2)OC1(C)C.CC[C@@H]1CCN(C(=O)Nc2ccc(C)c(-c3cc(Cl)nc(N[C@@H](C)CO)c3)c2)C1.CC[C@@H]1CCN(C(=O)Nc2ccc(C)c(-c3cc(N[C@@H](C)CO)nc(-c4cnn(C5CCCCO5)c4)c3)c2)C1. The standard InChI is InChI=1S/C30H40N6O3.C22H29ClN4O2.C14H23BN2O3/c1-4-22-10-11-35(17-22)30(38)33-25-9-8-20(2)26(15-25)23-13-27(34-28(14-23)32-21(3)19-37)24-16-31-36(18-24)29-7-5-6-12-39-29;1-4-16-7-8-27(12-16)22(29)25-18-6-5-14(2)19(11-18)17-9-20(23)26-21(10-17)24-15(3)13-28;1-13(2)14(3,4)20-15(19-13)11-9-16-17(10-11)12-7-5-6-8-18-12/h8-9,13-16,18,21-22,29,37H,4-7,10-12,17,19H2,1-3H3,(H,32,34)(H,33,38);5-6,9-11,15-16,28H,4,7-8,12-13H2,1-3H3,(H,24,26)(H,25,29);9-10,12H,5-8H2,1-4H3/t21-,22+,29?;15-,16+;/m00./s1. The number of nitrogens with zero attached hydrogens (tertiary/aromatic N) is 8. The van der Waals surface area contributed by atoms with Crippen molar-refractivity contribution >= 4 is 59.3 Å². The summed E-state index contributed by atoms with van der Waals surface area (Å²) in [4.78, 5) is 38.5. The van der Waals surface area contributed by atoms with E-state index in [-0.39, 0.29) is 68.1 Å². The number of ether oxygens (including phenoxy) is 2. The number of hydrogen-bond acceptors (Lipinski definition) is 14. The van der Waals surface area contributed by atoms with E-state index in [1.54, 1.807) is 6.07 Å². The van der Waals surface area contributed by atoms with Crippen LogP contribution in [0.1, 0.15) is 143 Å². The van der Waals surface area contributed by atoms with Crippen molar-refractivity contribution in [1.29, 1.82) is 0 Å². The van der Waals surface area contributed by atoms with Crippen LogP contribution < -0.4 is 26.7 Å². The van der Waals surface area contributed by atoms with Gasteiger partial charge in [0.15, 0.2) is 0 Å². The highest BCUT2D eigenvalue weighted by Gasteiger charge is 2.52. The fourth-order valence-corrected chi connectivity index (χ4v) is 11.7. The number of pyridine rings is 2. The number of hydrogen-bond donors (Lipinski definition) is 6. The van der Waals surface area contributed by atoms with E-state index in [9.17, 15) is 19.8 Å². The van der Waals surface area contributed by atoms with Crippen LogP contribution in [0.25, 0.3) is 33.5 Å². The van der Waals surface area contributed by atoms with Gasteiger partial charge < -0.3 is 60.1 Å². The Hall–Kier alpha value is -6.59. The van der Waals surface area contributed by atoms with Gasteiger partial charge in [-0.25, -0.2) is 28.9 Å². The predicted molar refractivity (Wildman–Crippen MR) is 349 cm³/mol. The summed E-state index contributed by atoms with van der Waals surface area (Å²) in [5.41, 5.74) is 9.51. The van der Waals surface area contributed by atoms with Crippen LogP contribution in [0.4, 0.5) is 32.6 Å². The maximum Gasteiger partial charge on any atom is 0.498 e.